The second-order valence-electron chi connectivity index (χ2n) is 3.76. The van der Waals surface area contributed by atoms with Gasteiger partial charge < -0.3 is 9.52 Å². The fourth-order valence-corrected chi connectivity index (χ4v) is 2.93. The molecule has 1 atom stereocenters. The fraction of sp³-hybridized carbons (Fsp3) is 0.231. The van der Waals surface area contributed by atoms with Crippen molar-refractivity contribution in [2.45, 2.75) is 17.4 Å². The standard InChI is InChI=1S/C13H13BrO2S/c14-11-2-1-3-13(7-11)17-9-12(15)6-10-4-5-16-8-10/h1-5,7-8,12,15H,6,9H2. The van der Waals surface area contributed by atoms with E-state index in [-0.39, 0.29) is 6.10 Å². The molecule has 2 rings (SSSR count). The van der Waals surface area contributed by atoms with Crippen molar-refractivity contribution in [3.8, 4) is 0 Å². The molecular weight excluding hydrogens is 300 g/mol. The van der Waals surface area contributed by atoms with Gasteiger partial charge in [-0.25, -0.2) is 0 Å². The number of benzene rings is 1. The van der Waals surface area contributed by atoms with Crippen molar-refractivity contribution in [3.05, 3.63) is 52.9 Å². The van der Waals surface area contributed by atoms with Crippen LogP contribution < -0.4 is 0 Å². The summed E-state index contributed by atoms with van der Waals surface area (Å²) in [5, 5.41) is 9.88. The monoisotopic (exact) mass is 312 g/mol. The zero-order valence-corrected chi connectivity index (χ0v) is 11.6. The van der Waals surface area contributed by atoms with Crippen LogP contribution in [0.2, 0.25) is 0 Å². The molecule has 0 aliphatic carbocycles. The minimum absolute atomic E-state index is 0.350. The van der Waals surface area contributed by atoms with Crippen LogP contribution >= 0.6 is 27.7 Å². The highest BCUT2D eigenvalue weighted by molar-refractivity contribution is 9.10. The van der Waals surface area contributed by atoms with Gasteiger partial charge in [0.15, 0.2) is 0 Å². The predicted molar refractivity (Wildman–Crippen MR) is 73.3 cm³/mol. The van der Waals surface area contributed by atoms with E-state index in [1.807, 2.05) is 24.3 Å². The van der Waals surface area contributed by atoms with E-state index >= 15 is 0 Å². The molecule has 1 unspecified atom stereocenters. The van der Waals surface area contributed by atoms with Gasteiger partial charge >= 0.3 is 0 Å². The maximum atomic E-state index is 9.88. The first-order valence-electron chi connectivity index (χ1n) is 5.31. The van der Waals surface area contributed by atoms with Crippen LogP contribution in [0, 0.1) is 0 Å². The van der Waals surface area contributed by atoms with Gasteiger partial charge in [0.25, 0.3) is 0 Å². The number of rotatable bonds is 5. The molecule has 0 aliphatic heterocycles. The van der Waals surface area contributed by atoms with Crippen molar-refractivity contribution >= 4 is 27.7 Å². The molecule has 0 fully saturated rings. The van der Waals surface area contributed by atoms with E-state index in [2.05, 4.69) is 22.0 Å². The molecular formula is C13H13BrO2S. The molecule has 0 bridgehead atoms. The molecule has 4 heteroatoms. The van der Waals surface area contributed by atoms with E-state index in [1.165, 1.54) is 0 Å². The zero-order chi connectivity index (χ0) is 12.1. The summed E-state index contributed by atoms with van der Waals surface area (Å²) in [6.45, 7) is 0. The minimum Gasteiger partial charge on any atom is -0.472 e. The molecule has 0 amide bonds. The largest absolute Gasteiger partial charge is 0.472 e. The zero-order valence-electron chi connectivity index (χ0n) is 9.17. The van der Waals surface area contributed by atoms with E-state index < -0.39 is 0 Å². The van der Waals surface area contributed by atoms with Crippen LogP contribution in [0.3, 0.4) is 0 Å². The lowest BCUT2D eigenvalue weighted by Crippen LogP contribution is -2.12. The van der Waals surface area contributed by atoms with Crippen LogP contribution in [0.4, 0.5) is 0 Å². The Hall–Kier alpha value is -0.710. The van der Waals surface area contributed by atoms with Gasteiger partial charge in [-0.2, -0.15) is 0 Å². The van der Waals surface area contributed by atoms with Gasteiger partial charge in [-0.3, -0.25) is 0 Å². The van der Waals surface area contributed by atoms with E-state index in [9.17, 15) is 5.11 Å². The first-order chi connectivity index (χ1) is 8.24. The molecule has 1 heterocycles. The van der Waals surface area contributed by atoms with Gasteiger partial charge in [-0.1, -0.05) is 22.0 Å². The average Bonchev–Trinajstić information content (AvgIpc) is 2.79. The number of halogens is 1. The van der Waals surface area contributed by atoms with Crippen LogP contribution in [-0.4, -0.2) is 17.0 Å². The van der Waals surface area contributed by atoms with Crippen molar-refractivity contribution in [2.75, 3.05) is 5.75 Å². The van der Waals surface area contributed by atoms with Gasteiger partial charge in [0, 0.05) is 21.5 Å². The summed E-state index contributed by atoms with van der Waals surface area (Å²) < 4.78 is 6.03. The van der Waals surface area contributed by atoms with Crippen molar-refractivity contribution in [3.63, 3.8) is 0 Å². The minimum atomic E-state index is -0.350. The van der Waals surface area contributed by atoms with Crippen LogP contribution in [0.1, 0.15) is 5.56 Å². The number of hydrogen-bond acceptors (Lipinski definition) is 3. The molecule has 0 radical (unpaired) electrons. The molecule has 90 valence electrons. The number of thioether (sulfide) groups is 1. The van der Waals surface area contributed by atoms with Crippen LogP contribution in [0.25, 0.3) is 0 Å². The molecule has 0 saturated carbocycles. The third-order valence-corrected chi connectivity index (χ3v) is 3.92. The maximum absolute atomic E-state index is 9.88. The third kappa shape index (κ3) is 4.22. The topological polar surface area (TPSA) is 33.4 Å². The molecule has 17 heavy (non-hydrogen) atoms. The molecule has 0 aliphatic rings. The molecule has 0 saturated heterocycles. The molecule has 1 aromatic carbocycles. The molecule has 1 N–H and O–H groups in total. The van der Waals surface area contributed by atoms with Crippen molar-refractivity contribution in [1.29, 1.82) is 0 Å². The van der Waals surface area contributed by atoms with Crippen molar-refractivity contribution in [1.82, 2.24) is 0 Å². The summed E-state index contributed by atoms with van der Waals surface area (Å²) >= 11 is 5.08. The summed E-state index contributed by atoms with van der Waals surface area (Å²) in [6, 6.07) is 9.96. The van der Waals surface area contributed by atoms with E-state index in [0.717, 1.165) is 14.9 Å². The molecule has 2 aromatic rings. The van der Waals surface area contributed by atoms with E-state index in [1.54, 1.807) is 24.3 Å². The lowest BCUT2D eigenvalue weighted by atomic mass is 10.2. The highest BCUT2D eigenvalue weighted by Gasteiger charge is 2.07. The summed E-state index contributed by atoms with van der Waals surface area (Å²) in [4.78, 5) is 1.16. The van der Waals surface area contributed by atoms with Crippen molar-refractivity contribution < 1.29 is 9.52 Å². The maximum Gasteiger partial charge on any atom is 0.0935 e. The molecule has 2 nitrogen and oxygen atoms in total. The Morgan fingerprint density at radius 3 is 2.94 bits per heavy atom. The van der Waals surface area contributed by atoms with E-state index in [0.29, 0.717) is 12.2 Å². The summed E-state index contributed by atoms with van der Waals surface area (Å²) in [6.07, 6.45) is 3.59. The number of furan rings is 1. The van der Waals surface area contributed by atoms with Gasteiger partial charge in [-0.15, -0.1) is 11.8 Å². The third-order valence-electron chi connectivity index (χ3n) is 2.29. The highest BCUT2D eigenvalue weighted by atomic mass is 79.9. The normalized spacial score (nSPS) is 12.6. The van der Waals surface area contributed by atoms with Gasteiger partial charge in [-0.05, 0) is 29.8 Å². The summed E-state index contributed by atoms with van der Waals surface area (Å²) in [5.74, 6) is 0.682. The summed E-state index contributed by atoms with van der Waals surface area (Å²) in [7, 11) is 0. The van der Waals surface area contributed by atoms with Gasteiger partial charge in [0.05, 0.1) is 18.6 Å². The van der Waals surface area contributed by atoms with Crippen LogP contribution in [0.15, 0.2) is 56.6 Å². The van der Waals surface area contributed by atoms with Gasteiger partial charge in [0.2, 0.25) is 0 Å². The summed E-state index contributed by atoms with van der Waals surface area (Å²) in [5.41, 5.74) is 1.03. The lowest BCUT2D eigenvalue weighted by Gasteiger charge is -2.08. The highest BCUT2D eigenvalue weighted by Crippen LogP contribution is 2.23. The second-order valence-corrected chi connectivity index (χ2v) is 5.77. The SMILES string of the molecule is OC(CSc1cccc(Br)c1)Cc1ccoc1. The Bertz CT molecular complexity index is 456. The number of aliphatic hydroxyl groups is 1. The molecule has 0 spiro atoms. The van der Waals surface area contributed by atoms with Crippen LogP contribution in [-0.2, 0) is 6.42 Å². The Kier molecular flexibility index (Phi) is 4.71. The smallest absolute Gasteiger partial charge is 0.0935 e. The van der Waals surface area contributed by atoms with Crippen molar-refractivity contribution in [2.24, 2.45) is 0 Å². The lowest BCUT2D eigenvalue weighted by molar-refractivity contribution is 0.200. The average molecular weight is 313 g/mol. The van der Waals surface area contributed by atoms with E-state index in [4.69, 9.17) is 4.42 Å². The number of aliphatic hydroxyl groups excluding tert-OH is 1. The Morgan fingerprint density at radius 2 is 2.24 bits per heavy atom. The van der Waals surface area contributed by atoms with Gasteiger partial charge in [0.1, 0.15) is 0 Å². The number of hydrogen-bond donors (Lipinski definition) is 1. The Morgan fingerprint density at radius 1 is 1.35 bits per heavy atom. The van der Waals surface area contributed by atoms with Crippen LogP contribution in [0.5, 0.6) is 0 Å². The predicted octanol–water partition coefficient (Wildman–Crippen LogP) is 3.74. The Balaban J connectivity index is 1.82. The molecule has 1 aromatic heterocycles. The first kappa shape index (κ1) is 12.7. The fourth-order valence-electron chi connectivity index (χ4n) is 1.49. The second kappa shape index (κ2) is 6.28. The Labute approximate surface area is 113 Å². The first-order valence-corrected chi connectivity index (χ1v) is 7.09. The quantitative estimate of drug-likeness (QED) is 0.854.